The van der Waals surface area contributed by atoms with Gasteiger partial charge in [-0.25, -0.2) is 15.2 Å². The molecule has 0 radical (unpaired) electrons. The first-order valence-electron chi connectivity index (χ1n) is 12.8. The lowest BCUT2D eigenvalue weighted by atomic mass is 9.79. The summed E-state index contributed by atoms with van der Waals surface area (Å²) in [6, 6.07) is 9.15. The summed E-state index contributed by atoms with van der Waals surface area (Å²) < 4.78 is 44.2. The van der Waals surface area contributed by atoms with Gasteiger partial charge in [0, 0.05) is 36.0 Å². The zero-order valence-corrected chi connectivity index (χ0v) is 23.0. The molecule has 0 unspecified atom stereocenters. The Balaban J connectivity index is 1.29. The normalized spacial score (nSPS) is 17.3. The molecule has 0 saturated carbocycles. The van der Waals surface area contributed by atoms with Crippen LogP contribution in [0.15, 0.2) is 55.0 Å². The summed E-state index contributed by atoms with van der Waals surface area (Å²) >= 11 is 0. The molecule has 1 fully saturated rings. The topological polar surface area (TPSA) is 101 Å². The number of anilines is 1. The number of nitrogens with zero attached hydrogens (tertiary/aromatic N) is 4. The molecule has 12 heteroatoms. The number of pyridine rings is 1. The molecule has 40 heavy (non-hydrogen) atoms. The number of piperidine rings is 1. The average molecular weight is 559 g/mol. The number of ketones is 1. The van der Waals surface area contributed by atoms with Gasteiger partial charge in [-0.1, -0.05) is 12.1 Å². The maximum atomic E-state index is 12.8. The van der Waals surface area contributed by atoms with Gasteiger partial charge in [0.2, 0.25) is 0 Å². The molecule has 1 aliphatic heterocycles. The third-order valence-corrected chi connectivity index (χ3v) is 7.30. The quantitative estimate of drug-likeness (QED) is 0.370. The van der Waals surface area contributed by atoms with Crippen LogP contribution in [-0.2, 0) is 12.6 Å². The Morgan fingerprint density at radius 1 is 1.02 bits per heavy atom. The number of alkyl halides is 3. The van der Waals surface area contributed by atoms with Crippen LogP contribution in [0.4, 0.5) is 23.7 Å². The lowest BCUT2D eigenvalue weighted by Crippen LogP contribution is -2.60. The summed E-state index contributed by atoms with van der Waals surface area (Å²) in [4.78, 5) is 32.2. The van der Waals surface area contributed by atoms with Crippen molar-refractivity contribution in [1.82, 2.24) is 19.8 Å². The van der Waals surface area contributed by atoms with Crippen LogP contribution >= 0.6 is 0 Å². The van der Waals surface area contributed by atoms with E-state index in [0.29, 0.717) is 39.9 Å². The van der Waals surface area contributed by atoms with Gasteiger partial charge in [0.15, 0.2) is 5.78 Å². The number of ether oxygens (including phenoxy) is 1. The van der Waals surface area contributed by atoms with Crippen molar-refractivity contribution < 1.29 is 27.5 Å². The molecular weight excluding hydrogens is 525 g/mol. The molecule has 1 aromatic carbocycles. The van der Waals surface area contributed by atoms with E-state index in [-0.39, 0.29) is 29.4 Å². The molecule has 0 spiro atoms. The van der Waals surface area contributed by atoms with Crippen molar-refractivity contribution in [3.05, 3.63) is 71.8 Å². The Morgan fingerprint density at radius 2 is 1.68 bits per heavy atom. The van der Waals surface area contributed by atoms with Crippen LogP contribution in [0.3, 0.4) is 0 Å². The molecule has 0 atom stereocenters. The smallest absolute Gasteiger partial charge is 0.419 e. The number of rotatable bonds is 7. The van der Waals surface area contributed by atoms with Gasteiger partial charge in [-0.05, 0) is 64.6 Å². The summed E-state index contributed by atoms with van der Waals surface area (Å²) in [6.07, 6.45) is 0.186. The molecule has 3 aromatic rings. The number of hydrogen-bond acceptors (Lipinski definition) is 6. The van der Waals surface area contributed by atoms with Crippen LogP contribution in [-0.4, -0.2) is 55.8 Å². The Morgan fingerprint density at radius 3 is 2.23 bits per heavy atom. The van der Waals surface area contributed by atoms with Gasteiger partial charge in [0.05, 0.1) is 24.2 Å². The Bertz CT molecular complexity index is 1330. The van der Waals surface area contributed by atoms with E-state index in [2.05, 4.69) is 60.5 Å². The number of carbonyl (C=O) groups is 2. The molecular formula is C28H33F3N6O3. The van der Waals surface area contributed by atoms with Gasteiger partial charge >= 0.3 is 12.2 Å². The number of hydrogen-bond donors (Lipinski definition) is 2. The first kappa shape index (κ1) is 29.1. The SMILES string of the molecule is CN1C(C)(C)CC(Oc2ccc(C(=O)Cc3ccc(NC(=O)Nn4cc(C(F)(F)F)cn4)cc3)nc2)CC1(C)C. The molecule has 4 rings (SSSR count). The molecule has 0 aliphatic carbocycles. The highest BCUT2D eigenvalue weighted by Crippen LogP contribution is 2.38. The Labute approximate surface area is 230 Å². The van der Waals surface area contributed by atoms with Crippen molar-refractivity contribution in [2.45, 2.75) is 70.3 Å². The third-order valence-electron chi connectivity index (χ3n) is 7.30. The lowest BCUT2D eigenvalue weighted by Gasteiger charge is -2.53. The van der Waals surface area contributed by atoms with E-state index in [1.807, 2.05) is 0 Å². The van der Waals surface area contributed by atoms with E-state index in [9.17, 15) is 22.8 Å². The summed E-state index contributed by atoms with van der Waals surface area (Å²) in [5.41, 5.74) is 2.58. The van der Waals surface area contributed by atoms with Crippen LogP contribution in [0.1, 0.15) is 62.2 Å². The van der Waals surface area contributed by atoms with E-state index in [0.717, 1.165) is 12.8 Å². The van der Waals surface area contributed by atoms with Crippen molar-refractivity contribution in [2.24, 2.45) is 0 Å². The highest BCUT2D eigenvalue weighted by Gasteiger charge is 2.44. The van der Waals surface area contributed by atoms with E-state index in [4.69, 9.17) is 4.74 Å². The van der Waals surface area contributed by atoms with Crippen LogP contribution in [0.25, 0.3) is 0 Å². The summed E-state index contributed by atoms with van der Waals surface area (Å²) in [6.45, 7) is 8.83. The second kappa shape index (κ2) is 10.9. The molecule has 1 aliphatic rings. The predicted molar refractivity (Wildman–Crippen MR) is 144 cm³/mol. The molecule has 214 valence electrons. The van der Waals surface area contributed by atoms with Crippen LogP contribution in [0.2, 0.25) is 0 Å². The van der Waals surface area contributed by atoms with E-state index < -0.39 is 17.8 Å². The molecule has 2 N–H and O–H groups in total. The fourth-order valence-electron chi connectivity index (χ4n) is 4.95. The molecule has 2 aromatic heterocycles. The first-order chi connectivity index (χ1) is 18.6. The molecule has 2 amide bonds. The summed E-state index contributed by atoms with van der Waals surface area (Å²) in [5.74, 6) is 0.446. The number of carbonyl (C=O) groups excluding carboxylic acids is 2. The van der Waals surface area contributed by atoms with Gasteiger partial charge in [-0.2, -0.15) is 23.1 Å². The van der Waals surface area contributed by atoms with Crippen molar-refractivity contribution in [3.8, 4) is 5.75 Å². The number of urea groups is 1. The monoisotopic (exact) mass is 558 g/mol. The van der Waals surface area contributed by atoms with E-state index in [1.54, 1.807) is 42.6 Å². The largest absolute Gasteiger partial charge is 0.489 e. The minimum atomic E-state index is -4.56. The third kappa shape index (κ3) is 6.98. The number of aromatic nitrogens is 3. The number of nitrogens with one attached hydrogen (secondary N) is 2. The van der Waals surface area contributed by atoms with Crippen molar-refractivity contribution in [1.29, 1.82) is 0 Å². The first-order valence-corrected chi connectivity index (χ1v) is 12.8. The van der Waals surface area contributed by atoms with Gasteiger partial charge in [-0.3, -0.25) is 9.69 Å². The Kier molecular flexibility index (Phi) is 7.93. The van der Waals surface area contributed by atoms with Crippen molar-refractivity contribution in [2.75, 3.05) is 17.8 Å². The van der Waals surface area contributed by atoms with Crippen molar-refractivity contribution in [3.63, 3.8) is 0 Å². The number of halogens is 3. The maximum Gasteiger partial charge on any atom is 0.419 e. The average Bonchev–Trinajstić information content (AvgIpc) is 3.33. The number of amides is 2. The highest BCUT2D eigenvalue weighted by molar-refractivity contribution is 5.96. The van der Waals surface area contributed by atoms with Crippen LogP contribution in [0.5, 0.6) is 5.75 Å². The van der Waals surface area contributed by atoms with Crippen LogP contribution < -0.4 is 15.5 Å². The second-order valence-electron chi connectivity index (χ2n) is 11.2. The predicted octanol–water partition coefficient (Wildman–Crippen LogP) is 5.53. The molecule has 3 heterocycles. The fourth-order valence-corrected chi connectivity index (χ4v) is 4.95. The van der Waals surface area contributed by atoms with E-state index >= 15 is 0 Å². The van der Waals surface area contributed by atoms with E-state index in [1.165, 1.54) is 0 Å². The summed E-state index contributed by atoms with van der Waals surface area (Å²) in [5, 5.41) is 5.96. The number of likely N-dealkylation sites (tertiary alicyclic amines) is 1. The van der Waals surface area contributed by atoms with Gasteiger partial charge < -0.3 is 10.1 Å². The number of benzene rings is 1. The maximum absolute atomic E-state index is 12.8. The van der Waals surface area contributed by atoms with Gasteiger partial charge in [-0.15, -0.1) is 0 Å². The molecule has 1 saturated heterocycles. The zero-order valence-electron chi connectivity index (χ0n) is 23.0. The molecule has 9 nitrogen and oxygen atoms in total. The fraction of sp³-hybridized carbons (Fsp3) is 0.429. The zero-order chi connectivity index (χ0) is 29.3. The van der Waals surface area contributed by atoms with Crippen molar-refractivity contribution >= 4 is 17.5 Å². The van der Waals surface area contributed by atoms with Crippen LogP contribution in [0, 0.1) is 0 Å². The van der Waals surface area contributed by atoms with Gasteiger partial charge in [0.1, 0.15) is 17.5 Å². The second-order valence-corrected chi connectivity index (χ2v) is 11.2. The number of Topliss-reactive ketones (excluding diaryl/α,β-unsaturated/α-hetero) is 1. The highest BCUT2D eigenvalue weighted by atomic mass is 19.4. The minimum Gasteiger partial charge on any atom is -0.489 e. The van der Waals surface area contributed by atoms with Gasteiger partial charge in [0.25, 0.3) is 0 Å². The standard InChI is InChI=1S/C28H33F3N6O3/c1-26(2)13-22(14-27(3,4)36(26)5)40-21-10-11-23(32-16-21)24(38)12-18-6-8-20(9-7-18)34-25(39)35-37-17-19(15-33-37)28(29,30)31/h6-11,15-17,22H,12-14H2,1-5H3,(H2,34,35,39). The molecule has 0 bridgehead atoms. The lowest BCUT2D eigenvalue weighted by molar-refractivity contribution is -0.137. The minimum absolute atomic E-state index is 0.00886. The Hall–Kier alpha value is -3.93. The summed E-state index contributed by atoms with van der Waals surface area (Å²) in [7, 11) is 2.14.